The van der Waals surface area contributed by atoms with Crippen molar-refractivity contribution in [3.05, 3.63) is 24.3 Å². The molecule has 2 heterocycles. The Morgan fingerprint density at radius 1 is 1.20 bits per heavy atom. The van der Waals surface area contributed by atoms with Crippen molar-refractivity contribution < 1.29 is 19.4 Å². The Labute approximate surface area is 148 Å². The zero-order chi connectivity index (χ0) is 17.6. The van der Waals surface area contributed by atoms with E-state index in [0.29, 0.717) is 12.6 Å². The second kappa shape index (κ2) is 8.40. The van der Waals surface area contributed by atoms with E-state index in [4.69, 9.17) is 9.47 Å². The number of likely N-dealkylation sites (tertiary alicyclic amines) is 1. The summed E-state index contributed by atoms with van der Waals surface area (Å²) in [6, 6.07) is 7.72. The van der Waals surface area contributed by atoms with Crippen molar-refractivity contribution in [1.29, 1.82) is 0 Å². The summed E-state index contributed by atoms with van der Waals surface area (Å²) in [6.07, 6.45) is 1.38. The highest BCUT2D eigenvalue weighted by atomic mass is 16.5. The van der Waals surface area contributed by atoms with Crippen LogP contribution in [0.3, 0.4) is 0 Å². The van der Waals surface area contributed by atoms with Crippen LogP contribution >= 0.6 is 0 Å². The van der Waals surface area contributed by atoms with Crippen molar-refractivity contribution in [1.82, 2.24) is 15.1 Å². The molecule has 0 bridgehead atoms. The molecule has 1 aromatic carbocycles. The van der Waals surface area contributed by atoms with Crippen LogP contribution in [0.1, 0.15) is 12.8 Å². The maximum Gasteiger partial charge on any atom is 0.317 e. The van der Waals surface area contributed by atoms with E-state index >= 15 is 0 Å². The number of nitrogens with one attached hydrogen (secondary N) is 1. The molecule has 2 amide bonds. The topological polar surface area (TPSA) is 74.3 Å². The number of amides is 2. The molecule has 138 valence electrons. The first-order chi connectivity index (χ1) is 12.2. The standard InChI is InChI=1S/C18H27N3O4/c1-24-16-2-4-17(5-3-16)25-13-15(22)12-20-9-6-14(7-10-20)21-11-8-19-18(21)23/h2-5,14-15,22H,6-13H2,1H3,(H,19,23)/t15-/m1/s1. The van der Waals surface area contributed by atoms with Crippen LogP contribution in [-0.2, 0) is 0 Å². The Morgan fingerprint density at radius 3 is 2.48 bits per heavy atom. The van der Waals surface area contributed by atoms with Crippen molar-refractivity contribution in [3.63, 3.8) is 0 Å². The van der Waals surface area contributed by atoms with Crippen LogP contribution in [0.5, 0.6) is 11.5 Å². The molecule has 2 N–H and O–H groups in total. The molecule has 0 radical (unpaired) electrons. The first-order valence-corrected chi connectivity index (χ1v) is 8.87. The Hall–Kier alpha value is -1.99. The lowest BCUT2D eigenvalue weighted by Crippen LogP contribution is -2.48. The number of nitrogens with zero attached hydrogens (tertiary/aromatic N) is 2. The van der Waals surface area contributed by atoms with Crippen LogP contribution in [0, 0.1) is 0 Å². The number of benzene rings is 1. The third-order valence-electron chi connectivity index (χ3n) is 4.86. The molecule has 7 heteroatoms. The Morgan fingerprint density at radius 2 is 1.88 bits per heavy atom. The van der Waals surface area contributed by atoms with E-state index in [2.05, 4.69) is 10.2 Å². The van der Waals surface area contributed by atoms with E-state index in [0.717, 1.165) is 50.5 Å². The van der Waals surface area contributed by atoms with Gasteiger partial charge in [-0.15, -0.1) is 0 Å². The summed E-state index contributed by atoms with van der Waals surface area (Å²) in [6.45, 7) is 4.21. The highest BCUT2D eigenvalue weighted by Gasteiger charge is 2.30. The van der Waals surface area contributed by atoms with E-state index in [1.54, 1.807) is 7.11 Å². The number of hydrogen-bond donors (Lipinski definition) is 2. The quantitative estimate of drug-likeness (QED) is 0.766. The Kier molecular flexibility index (Phi) is 5.99. The molecular weight excluding hydrogens is 322 g/mol. The van der Waals surface area contributed by atoms with Crippen LogP contribution in [0.2, 0.25) is 0 Å². The van der Waals surface area contributed by atoms with Gasteiger partial charge >= 0.3 is 6.03 Å². The summed E-state index contributed by atoms with van der Waals surface area (Å²) >= 11 is 0. The minimum Gasteiger partial charge on any atom is -0.497 e. The molecule has 0 aliphatic carbocycles. The highest BCUT2D eigenvalue weighted by molar-refractivity contribution is 5.76. The first kappa shape index (κ1) is 17.8. The number of piperidine rings is 1. The number of carbonyl (C=O) groups is 1. The molecule has 0 unspecified atom stereocenters. The second-order valence-electron chi connectivity index (χ2n) is 6.60. The number of aliphatic hydroxyl groups excluding tert-OH is 1. The predicted octanol–water partition coefficient (Wildman–Crippen LogP) is 0.925. The molecule has 0 saturated carbocycles. The fraction of sp³-hybridized carbons (Fsp3) is 0.611. The maximum atomic E-state index is 11.7. The summed E-state index contributed by atoms with van der Waals surface area (Å²) < 4.78 is 10.7. The van der Waals surface area contributed by atoms with Crippen molar-refractivity contribution in [3.8, 4) is 11.5 Å². The minimum atomic E-state index is -0.534. The smallest absolute Gasteiger partial charge is 0.317 e. The lowest BCUT2D eigenvalue weighted by atomic mass is 10.0. The molecule has 25 heavy (non-hydrogen) atoms. The van der Waals surface area contributed by atoms with Crippen LogP contribution in [0.25, 0.3) is 0 Å². The van der Waals surface area contributed by atoms with Crippen LogP contribution in [0.4, 0.5) is 4.79 Å². The van der Waals surface area contributed by atoms with Gasteiger partial charge in [0.15, 0.2) is 0 Å². The summed E-state index contributed by atoms with van der Waals surface area (Å²) in [4.78, 5) is 15.9. The monoisotopic (exact) mass is 349 g/mol. The molecule has 3 rings (SSSR count). The number of ether oxygens (including phenoxy) is 2. The third kappa shape index (κ3) is 4.76. The highest BCUT2D eigenvalue weighted by Crippen LogP contribution is 2.19. The molecule has 1 aromatic rings. The largest absolute Gasteiger partial charge is 0.497 e. The number of hydrogen-bond acceptors (Lipinski definition) is 5. The summed E-state index contributed by atoms with van der Waals surface area (Å²) in [5.41, 5.74) is 0. The van der Waals surface area contributed by atoms with E-state index in [9.17, 15) is 9.90 Å². The van der Waals surface area contributed by atoms with E-state index in [-0.39, 0.29) is 12.6 Å². The van der Waals surface area contributed by atoms with Crippen LogP contribution < -0.4 is 14.8 Å². The number of aliphatic hydroxyl groups is 1. The number of β-amino-alcohol motifs (C(OH)–C–C–N with tert-alkyl or cyclic N) is 1. The Bertz CT molecular complexity index is 558. The van der Waals surface area contributed by atoms with Crippen LogP contribution in [-0.4, -0.2) is 79.5 Å². The summed E-state index contributed by atoms with van der Waals surface area (Å²) in [5.74, 6) is 1.50. The number of urea groups is 1. The van der Waals surface area contributed by atoms with Gasteiger partial charge in [-0.3, -0.25) is 0 Å². The lowest BCUT2D eigenvalue weighted by molar-refractivity contribution is 0.0508. The van der Waals surface area contributed by atoms with E-state index in [1.807, 2.05) is 29.2 Å². The van der Waals surface area contributed by atoms with Crippen molar-refractivity contribution in [2.45, 2.75) is 25.0 Å². The fourth-order valence-electron chi connectivity index (χ4n) is 3.46. The van der Waals surface area contributed by atoms with Gasteiger partial charge in [0.25, 0.3) is 0 Å². The molecular formula is C18H27N3O4. The molecule has 0 spiro atoms. The number of rotatable bonds is 7. The fourth-order valence-corrected chi connectivity index (χ4v) is 3.46. The first-order valence-electron chi connectivity index (χ1n) is 8.87. The van der Waals surface area contributed by atoms with Gasteiger partial charge in [0.2, 0.25) is 0 Å². The normalized spacial score (nSPS) is 20.4. The average Bonchev–Trinajstić information content (AvgIpc) is 3.07. The summed E-state index contributed by atoms with van der Waals surface area (Å²) in [7, 11) is 1.62. The van der Waals surface area contributed by atoms with Crippen LogP contribution in [0.15, 0.2) is 24.3 Å². The predicted molar refractivity (Wildman–Crippen MR) is 94.1 cm³/mol. The van der Waals surface area contributed by atoms with Crippen molar-refractivity contribution in [2.24, 2.45) is 0 Å². The summed E-state index contributed by atoms with van der Waals surface area (Å²) in [5, 5.41) is 13.1. The minimum absolute atomic E-state index is 0.0615. The van der Waals surface area contributed by atoms with Gasteiger partial charge in [0.1, 0.15) is 24.2 Å². The van der Waals surface area contributed by atoms with Gasteiger partial charge in [0.05, 0.1) is 7.11 Å². The third-order valence-corrected chi connectivity index (χ3v) is 4.86. The van der Waals surface area contributed by atoms with Crippen molar-refractivity contribution in [2.75, 3.05) is 46.4 Å². The maximum absolute atomic E-state index is 11.7. The molecule has 2 aliphatic heterocycles. The molecule has 2 saturated heterocycles. The molecule has 0 aromatic heterocycles. The lowest BCUT2D eigenvalue weighted by Gasteiger charge is -2.36. The van der Waals surface area contributed by atoms with Gasteiger partial charge in [-0.1, -0.05) is 0 Å². The van der Waals surface area contributed by atoms with E-state index < -0.39 is 6.10 Å². The van der Waals surface area contributed by atoms with Gasteiger partial charge in [-0.2, -0.15) is 0 Å². The van der Waals surface area contributed by atoms with E-state index in [1.165, 1.54) is 0 Å². The number of methoxy groups -OCH3 is 1. The number of carbonyl (C=O) groups excluding carboxylic acids is 1. The average molecular weight is 349 g/mol. The molecule has 2 fully saturated rings. The second-order valence-corrected chi connectivity index (χ2v) is 6.60. The van der Waals surface area contributed by atoms with Gasteiger partial charge in [-0.25, -0.2) is 4.79 Å². The molecule has 7 nitrogen and oxygen atoms in total. The SMILES string of the molecule is COc1ccc(OC[C@H](O)CN2CCC(N3CCNC3=O)CC2)cc1. The van der Waals surface area contributed by atoms with Crippen molar-refractivity contribution >= 4 is 6.03 Å². The molecule has 1 atom stereocenters. The van der Waals surface area contributed by atoms with Gasteiger partial charge in [0, 0.05) is 38.8 Å². The Balaban J connectivity index is 1.37. The van der Waals surface area contributed by atoms with Gasteiger partial charge in [-0.05, 0) is 37.1 Å². The zero-order valence-corrected chi connectivity index (χ0v) is 14.7. The zero-order valence-electron chi connectivity index (χ0n) is 14.7. The van der Waals surface area contributed by atoms with Gasteiger partial charge < -0.3 is 29.7 Å². The molecule has 2 aliphatic rings.